The van der Waals surface area contributed by atoms with Gasteiger partial charge in [0, 0.05) is 37.2 Å². The van der Waals surface area contributed by atoms with E-state index in [4.69, 9.17) is 21.3 Å². The maximum Gasteiger partial charge on any atom is 0.326 e. The molecule has 0 aromatic carbocycles. The zero-order valence-electron chi connectivity index (χ0n) is 17.8. The number of carbonyl (C=O) groups excluding carboxylic acids is 1. The number of nitrogens with zero attached hydrogens (tertiary/aromatic N) is 2. The number of unbranched alkanes of at least 4 members (excludes halogenated alkanes) is 1. The summed E-state index contributed by atoms with van der Waals surface area (Å²) in [5.41, 5.74) is 3.28. The van der Waals surface area contributed by atoms with E-state index in [1.807, 2.05) is 0 Å². The first-order chi connectivity index (χ1) is 15.5. The molecular formula is C23H27ClFN3O4. The lowest BCUT2D eigenvalue weighted by molar-refractivity contribution is -0.139. The quantitative estimate of drug-likeness (QED) is 0.492. The second kappa shape index (κ2) is 11.9. The Morgan fingerprint density at radius 3 is 2.78 bits per heavy atom. The first kappa shape index (κ1) is 24.1. The number of pyridine rings is 2. The lowest BCUT2D eigenvalue weighted by Crippen LogP contribution is -2.42. The van der Waals surface area contributed by atoms with Crippen LogP contribution in [0, 0.1) is 5.82 Å². The van der Waals surface area contributed by atoms with Crippen LogP contribution in [0.25, 0.3) is 0 Å². The summed E-state index contributed by atoms with van der Waals surface area (Å²) in [7, 11) is 0. The second-order valence-corrected chi connectivity index (χ2v) is 8.22. The Bertz CT molecular complexity index is 937. The molecule has 0 saturated carbocycles. The lowest BCUT2D eigenvalue weighted by atomic mass is 9.95. The Labute approximate surface area is 191 Å². The third-order valence-corrected chi connectivity index (χ3v) is 5.73. The van der Waals surface area contributed by atoms with Crippen molar-refractivity contribution in [1.29, 1.82) is 0 Å². The summed E-state index contributed by atoms with van der Waals surface area (Å²) < 4.78 is 19.3. The highest BCUT2D eigenvalue weighted by Crippen LogP contribution is 2.20. The molecule has 0 fully saturated rings. The fourth-order valence-corrected chi connectivity index (χ4v) is 3.93. The number of hydrogen-bond donors (Lipinski definition) is 2. The van der Waals surface area contributed by atoms with Crippen LogP contribution in [0.5, 0.6) is 0 Å². The largest absolute Gasteiger partial charge is 0.480 e. The number of aromatic nitrogens is 2. The van der Waals surface area contributed by atoms with Gasteiger partial charge in [-0.1, -0.05) is 17.7 Å². The predicted molar refractivity (Wildman–Crippen MR) is 117 cm³/mol. The average Bonchev–Trinajstić information content (AvgIpc) is 2.77. The summed E-state index contributed by atoms with van der Waals surface area (Å²) in [4.78, 5) is 32.0. The minimum Gasteiger partial charge on any atom is -0.480 e. The van der Waals surface area contributed by atoms with Crippen molar-refractivity contribution in [3.63, 3.8) is 0 Å². The molecule has 1 amide bonds. The molecule has 2 aromatic heterocycles. The molecular weight excluding hydrogens is 437 g/mol. The molecule has 2 N–H and O–H groups in total. The Hall–Kier alpha value is -2.58. The standard InChI is InChI=1S/C23H27ClFN3O4/c24-17-13-26-14-18(25)21(17)22(29)28-20(23(30)31)10-12-32-11-4-3-6-16-9-8-15-5-1-2-7-19(15)27-16/h8-9,13-14,20H,1-7,10-12H2,(H,28,29)(H,30,31). The van der Waals surface area contributed by atoms with Crippen LogP contribution in [-0.4, -0.2) is 46.2 Å². The first-order valence-electron chi connectivity index (χ1n) is 10.8. The van der Waals surface area contributed by atoms with Crippen molar-refractivity contribution in [1.82, 2.24) is 15.3 Å². The minimum absolute atomic E-state index is 0.0533. The van der Waals surface area contributed by atoms with E-state index in [0.29, 0.717) is 6.61 Å². The SMILES string of the molecule is O=C(NC(CCOCCCCc1ccc2c(n1)CCCC2)C(=O)O)c1c(F)cncc1Cl. The third kappa shape index (κ3) is 6.71. The normalized spacial score (nSPS) is 13.9. The molecule has 32 heavy (non-hydrogen) atoms. The molecule has 0 aliphatic heterocycles. The highest BCUT2D eigenvalue weighted by atomic mass is 35.5. The average molecular weight is 464 g/mol. The number of nitrogens with one attached hydrogen (secondary N) is 1. The third-order valence-electron chi connectivity index (χ3n) is 5.44. The number of aryl methyl sites for hydroxylation is 3. The molecule has 7 nitrogen and oxygen atoms in total. The van der Waals surface area contributed by atoms with Crippen LogP contribution < -0.4 is 5.32 Å². The number of hydrogen-bond acceptors (Lipinski definition) is 5. The van der Waals surface area contributed by atoms with Crippen LogP contribution in [0.4, 0.5) is 4.39 Å². The van der Waals surface area contributed by atoms with Crippen molar-refractivity contribution >= 4 is 23.5 Å². The maximum atomic E-state index is 13.8. The zero-order chi connectivity index (χ0) is 22.9. The van der Waals surface area contributed by atoms with Crippen LogP contribution in [0.3, 0.4) is 0 Å². The molecule has 0 bridgehead atoms. The summed E-state index contributed by atoms with van der Waals surface area (Å²) >= 11 is 5.80. The highest BCUT2D eigenvalue weighted by molar-refractivity contribution is 6.33. The van der Waals surface area contributed by atoms with Crippen molar-refractivity contribution in [3.05, 3.63) is 57.9 Å². The summed E-state index contributed by atoms with van der Waals surface area (Å²) in [5.74, 6) is -3.05. The Morgan fingerprint density at radius 2 is 2.00 bits per heavy atom. The van der Waals surface area contributed by atoms with Crippen molar-refractivity contribution < 1.29 is 23.8 Å². The number of carboxylic acids is 1. The maximum absolute atomic E-state index is 13.8. The van der Waals surface area contributed by atoms with E-state index in [1.54, 1.807) is 0 Å². The lowest BCUT2D eigenvalue weighted by Gasteiger charge is -2.16. The van der Waals surface area contributed by atoms with Gasteiger partial charge in [-0.2, -0.15) is 0 Å². The van der Waals surface area contributed by atoms with E-state index in [2.05, 4.69) is 22.4 Å². The van der Waals surface area contributed by atoms with Crippen LogP contribution in [0.1, 0.15) is 59.4 Å². The zero-order valence-corrected chi connectivity index (χ0v) is 18.5. The smallest absolute Gasteiger partial charge is 0.326 e. The van der Waals surface area contributed by atoms with E-state index >= 15 is 0 Å². The molecule has 0 radical (unpaired) electrons. The molecule has 2 aromatic rings. The van der Waals surface area contributed by atoms with Crippen molar-refractivity contribution in [2.75, 3.05) is 13.2 Å². The number of halogens is 2. The molecule has 2 heterocycles. The van der Waals surface area contributed by atoms with Gasteiger partial charge in [0.05, 0.1) is 16.8 Å². The van der Waals surface area contributed by atoms with Gasteiger partial charge in [-0.15, -0.1) is 0 Å². The Morgan fingerprint density at radius 1 is 1.19 bits per heavy atom. The molecule has 1 aliphatic rings. The molecule has 172 valence electrons. The number of fused-ring (bicyclic) bond motifs is 1. The number of carboxylic acid groups (broad SMARTS) is 1. The first-order valence-corrected chi connectivity index (χ1v) is 11.2. The van der Waals surface area contributed by atoms with Gasteiger partial charge in [0.2, 0.25) is 0 Å². The van der Waals surface area contributed by atoms with Gasteiger partial charge in [0.25, 0.3) is 5.91 Å². The van der Waals surface area contributed by atoms with E-state index in [9.17, 15) is 19.1 Å². The van der Waals surface area contributed by atoms with Crippen LogP contribution in [0.2, 0.25) is 5.02 Å². The van der Waals surface area contributed by atoms with Crippen LogP contribution in [-0.2, 0) is 28.8 Å². The van der Waals surface area contributed by atoms with Crippen molar-refractivity contribution in [2.45, 2.75) is 57.4 Å². The van der Waals surface area contributed by atoms with Gasteiger partial charge in [-0.3, -0.25) is 14.8 Å². The Kier molecular flexibility index (Phi) is 8.93. The summed E-state index contributed by atoms with van der Waals surface area (Å²) in [6.45, 7) is 0.636. The number of aliphatic carboxylic acids is 1. The van der Waals surface area contributed by atoms with Gasteiger partial charge in [0.15, 0.2) is 5.82 Å². The molecule has 1 atom stereocenters. The van der Waals surface area contributed by atoms with E-state index in [-0.39, 0.29) is 18.1 Å². The molecule has 1 aliphatic carbocycles. The van der Waals surface area contributed by atoms with Gasteiger partial charge in [-0.25, -0.2) is 9.18 Å². The number of amides is 1. The predicted octanol–water partition coefficient (Wildman–Crippen LogP) is 3.76. The van der Waals surface area contributed by atoms with E-state index in [1.165, 1.54) is 24.1 Å². The van der Waals surface area contributed by atoms with Gasteiger partial charge >= 0.3 is 5.97 Å². The topological polar surface area (TPSA) is 101 Å². The van der Waals surface area contributed by atoms with Gasteiger partial charge < -0.3 is 15.2 Å². The monoisotopic (exact) mass is 463 g/mol. The molecule has 3 rings (SSSR count). The minimum atomic E-state index is -1.23. The molecule has 0 saturated heterocycles. The highest BCUT2D eigenvalue weighted by Gasteiger charge is 2.24. The second-order valence-electron chi connectivity index (χ2n) is 7.82. The summed E-state index contributed by atoms with van der Waals surface area (Å²) in [6.07, 6.45) is 9.28. The summed E-state index contributed by atoms with van der Waals surface area (Å²) in [5, 5.41) is 11.4. The van der Waals surface area contributed by atoms with Crippen molar-refractivity contribution in [3.8, 4) is 0 Å². The van der Waals surface area contributed by atoms with Crippen LogP contribution >= 0.6 is 11.6 Å². The Balaban J connectivity index is 1.36. The molecule has 9 heteroatoms. The van der Waals surface area contributed by atoms with Gasteiger partial charge in [-0.05, 0) is 56.6 Å². The van der Waals surface area contributed by atoms with Gasteiger partial charge in [0.1, 0.15) is 6.04 Å². The fourth-order valence-electron chi connectivity index (χ4n) is 3.70. The van der Waals surface area contributed by atoms with E-state index in [0.717, 1.165) is 50.2 Å². The number of ether oxygens (including phenoxy) is 1. The van der Waals surface area contributed by atoms with Crippen LogP contribution in [0.15, 0.2) is 24.5 Å². The summed E-state index contributed by atoms with van der Waals surface area (Å²) in [6, 6.07) is 3.08. The van der Waals surface area contributed by atoms with Crippen molar-refractivity contribution in [2.24, 2.45) is 0 Å². The molecule has 1 unspecified atom stereocenters. The molecule has 0 spiro atoms. The fraction of sp³-hybridized carbons (Fsp3) is 0.478. The van der Waals surface area contributed by atoms with E-state index < -0.39 is 29.3 Å². The number of rotatable bonds is 11. The number of carbonyl (C=O) groups is 2.